The van der Waals surface area contributed by atoms with Gasteiger partial charge in [0.05, 0.1) is 45.6 Å². The van der Waals surface area contributed by atoms with Crippen LogP contribution in [0.5, 0.6) is 0 Å². The van der Waals surface area contributed by atoms with Gasteiger partial charge < -0.3 is 5.32 Å². The van der Waals surface area contributed by atoms with Gasteiger partial charge in [-0.05, 0) is 57.5 Å². The fourth-order valence-corrected chi connectivity index (χ4v) is 5.47. The molecule has 0 aliphatic carbocycles. The van der Waals surface area contributed by atoms with E-state index in [-0.39, 0.29) is 11.9 Å². The highest BCUT2D eigenvalue weighted by Crippen LogP contribution is 2.36. The molecule has 1 saturated heterocycles. The molecule has 2 aromatic carbocycles. The SMILES string of the molecule is Cc1nn(-c2ccccc2)c(C)c1NC(=O)CN1CCCC1c1nc2ccccc2s1. The Morgan fingerprint density at radius 2 is 1.90 bits per heavy atom. The molecule has 7 heteroatoms. The highest BCUT2D eigenvalue weighted by molar-refractivity contribution is 7.18. The van der Waals surface area contributed by atoms with E-state index in [2.05, 4.69) is 27.4 Å². The van der Waals surface area contributed by atoms with Crippen molar-refractivity contribution in [2.24, 2.45) is 0 Å². The summed E-state index contributed by atoms with van der Waals surface area (Å²) in [6.45, 7) is 5.19. The fourth-order valence-electron chi connectivity index (χ4n) is 4.34. The first-order valence-electron chi connectivity index (χ1n) is 10.6. The van der Waals surface area contributed by atoms with E-state index in [0.29, 0.717) is 6.54 Å². The predicted molar refractivity (Wildman–Crippen MR) is 125 cm³/mol. The molecule has 3 heterocycles. The Hall–Kier alpha value is -3.03. The first-order valence-corrected chi connectivity index (χ1v) is 11.4. The third-order valence-electron chi connectivity index (χ3n) is 5.86. The van der Waals surface area contributed by atoms with Gasteiger partial charge in [0.25, 0.3) is 0 Å². The van der Waals surface area contributed by atoms with Crippen LogP contribution in [0.1, 0.15) is 35.3 Å². The molecule has 1 aliphatic heterocycles. The smallest absolute Gasteiger partial charge is 0.238 e. The van der Waals surface area contributed by atoms with Gasteiger partial charge in [-0.2, -0.15) is 5.10 Å². The summed E-state index contributed by atoms with van der Waals surface area (Å²) in [5, 5.41) is 8.85. The molecule has 1 amide bonds. The number of rotatable bonds is 5. The molecule has 158 valence electrons. The summed E-state index contributed by atoms with van der Waals surface area (Å²) in [5.41, 5.74) is 4.57. The average molecular weight is 432 g/mol. The molecule has 1 aliphatic rings. The van der Waals surface area contributed by atoms with Gasteiger partial charge in [-0.1, -0.05) is 30.3 Å². The first-order chi connectivity index (χ1) is 15.1. The molecular formula is C24H25N5OS. The maximum absolute atomic E-state index is 13.0. The zero-order valence-corrected chi connectivity index (χ0v) is 18.5. The van der Waals surface area contributed by atoms with Crippen LogP contribution in [0.2, 0.25) is 0 Å². The standard InChI is InChI=1S/C24H25N5OS/c1-16-23(17(2)29(27-16)18-9-4-3-5-10-18)26-22(30)15-28-14-8-12-20(28)24-25-19-11-6-7-13-21(19)31-24/h3-7,9-11,13,20H,8,12,14-15H2,1-2H3,(H,26,30). The average Bonchev–Trinajstić information content (AvgIpc) is 3.48. The third-order valence-corrected chi connectivity index (χ3v) is 7.00. The van der Waals surface area contributed by atoms with Crippen molar-refractivity contribution in [1.29, 1.82) is 0 Å². The number of benzene rings is 2. The zero-order chi connectivity index (χ0) is 21.4. The molecule has 0 spiro atoms. The molecule has 6 nitrogen and oxygen atoms in total. The van der Waals surface area contributed by atoms with Crippen LogP contribution in [0.4, 0.5) is 5.69 Å². The second-order valence-corrected chi connectivity index (χ2v) is 9.05. The first kappa shape index (κ1) is 19.9. The van der Waals surface area contributed by atoms with Crippen molar-refractivity contribution in [3.05, 3.63) is 71.0 Å². The van der Waals surface area contributed by atoms with Gasteiger partial charge in [-0.15, -0.1) is 11.3 Å². The predicted octanol–water partition coefficient (Wildman–Crippen LogP) is 4.87. The highest BCUT2D eigenvalue weighted by atomic mass is 32.1. The molecule has 4 aromatic rings. The van der Waals surface area contributed by atoms with Crippen LogP contribution in [0.15, 0.2) is 54.6 Å². The van der Waals surface area contributed by atoms with Crippen molar-refractivity contribution >= 4 is 33.1 Å². The number of hydrogen-bond acceptors (Lipinski definition) is 5. The van der Waals surface area contributed by atoms with E-state index in [0.717, 1.165) is 52.7 Å². The summed E-state index contributed by atoms with van der Waals surface area (Å²) in [5.74, 6) is -0.00757. The largest absolute Gasteiger partial charge is 0.322 e. The number of amides is 1. The number of hydrogen-bond donors (Lipinski definition) is 1. The van der Waals surface area contributed by atoms with Crippen LogP contribution in [0.3, 0.4) is 0 Å². The lowest BCUT2D eigenvalue weighted by Gasteiger charge is -2.22. The van der Waals surface area contributed by atoms with Gasteiger partial charge >= 0.3 is 0 Å². The van der Waals surface area contributed by atoms with E-state index in [9.17, 15) is 4.79 Å². The number of fused-ring (bicyclic) bond motifs is 1. The molecule has 0 radical (unpaired) electrons. The Morgan fingerprint density at radius 3 is 2.71 bits per heavy atom. The third kappa shape index (κ3) is 3.86. The minimum absolute atomic E-state index is 0.00757. The van der Waals surface area contributed by atoms with Gasteiger partial charge in [0.2, 0.25) is 5.91 Å². The second kappa shape index (κ2) is 8.24. The minimum Gasteiger partial charge on any atom is -0.322 e. The Labute approximate surface area is 185 Å². The Kier molecular flexibility index (Phi) is 5.29. The van der Waals surface area contributed by atoms with Gasteiger partial charge in [0.1, 0.15) is 5.01 Å². The quantitative estimate of drug-likeness (QED) is 0.489. The Balaban J connectivity index is 1.32. The summed E-state index contributed by atoms with van der Waals surface area (Å²) in [6, 6.07) is 18.4. The molecule has 2 aromatic heterocycles. The molecular weight excluding hydrogens is 406 g/mol. The van der Waals surface area contributed by atoms with Crippen LogP contribution in [-0.2, 0) is 4.79 Å². The summed E-state index contributed by atoms with van der Waals surface area (Å²) in [7, 11) is 0. The maximum Gasteiger partial charge on any atom is 0.238 e. The number of anilines is 1. The van der Waals surface area contributed by atoms with Gasteiger partial charge in [-0.3, -0.25) is 9.69 Å². The molecule has 0 bridgehead atoms. The van der Waals surface area contributed by atoms with E-state index in [4.69, 9.17) is 4.98 Å². The summed E-state index contributed by atoms with van der Waals surface area (Å²) in [6.07, 6.45) is 2.12. The van der Waals surface area contributed by atoms with Crippen molar-refractivity contribution in [1.82, 2.24) is 19.7 Å². The minimum atomic E-state index is -0.00757. The van der Waals surface area contributed by atoms with Crippen LogP contribution in [0.25, 0.3) is 15.9 Å². The van der Waals surface area contributed by atoms with E-state index in [1.165, 1.54) is 4.70 Å². The van der Waals surface area contributed by atoms with E-state index < -0.39 is 0 Å². The molecule has 1 unspecified atom stereocenters. The number of carbonyl (C=O) groups excluding carboxylic acids is 1. The highest BCUT2D eigenvalue weighted by Gasteiger charge is 2.30. The number of nitrogens with one attached hydrogen (secondary N) is 1. The topological polar surface area (TPSA) is 63.1 Å². The molecule has 31 heavy (non-hydrogen) atoms. The normalized spacial score (nSPS) is 16.8. The van der Waals surface area contributed by atoms with E-state index in [1.54, 1.807) is 11.3 Å². The number of para-hydroxylation sites is 2. The molecule has 0 saturated carbocycles. The fraction of sp³-hybridized carbons (Fsp3) is 0.292. The van der Waals surface area contributed by atoms with Crippen LogP contribution in [-0.4, -0.2) is 38.7 Å². The number of aryl methyl sites for hydroxylation is 1. The summed E-state index contributed by atoms with van der Waals surface area (Å²) in [4.78, 5) is 20.0. The van der Waals surface area contributed by atoms with Crippen molar-refractivity contribution in [3.8, 4) is 5.69 Å². The molecule has 1 fully saturated rings. The number of aromatic nitrogens is 3. The molecule has 5 rings (SSSR count). The van der Waals surface area contributed by atoms with Crippen LogP contribution in [0, 0.1) is 13.8 Å². The summed E-state index contributed by atoms with van der Waals surface area (Å²) >= 11 is 1.74. The second-order valence-electron chi connectivity index (χ2n) is 7.99. The number of likely N-dealkylation sites (tertiary alicyclic amines) is 1. The van der Waals surface area contributed by atoms with Crippen molar-refractivity contribution < 1.29 is 4.79 Å². The monoisotopic (exact) mass is 431 g/mol. The van der Waals surface area contributed by atoms with Crippen molar-refractivity contribution in [2.45, 2.75) is 32.7 Å². The lowest BCUT2D eigenvalue weighted by Crippen LogP contribution is -2.33. The van der Waals surface area contributed by atoms with Gasteiger partial charge in [0, 0.05) is 0 Å². The molecule has 1 N–H and O–H groups in total. The van der Waals surface area contributed by atoms with E-state index >= 15 is 0 Å². The van der Waals surface area contributed by atoms with Crippen LogP contribution < -0.4 is 5.32 Å². The number of thiazole rings is 1. The Bertz CT molecular complexity index is 1200. The van der Waals surface area contributed by atoms with Gasteiger partial charge in [0.15, 0.2) is 0 Å². The van der Waals surface area contributed by atoms with Crippen molar-refractivity contribution in [3.63, 3.8) is 0 Å². The zero-order valence-electron chi connectivity index (χ0n) is 17.7. The lowest BCUT2D eigenvalue weighted by molar-refractivity contribution is -0.117. The Morgan fingerprint density at radius 1 is 1.13 bits per heavy atom. The number of nitrogens with zero attached hydrogens (tertiary/aromatic N) is 4. The van der Waals surface area contributed by atoms with Crippen LogP contribution >= 0.6 is 11.3 Å². The lowest BCUT2D eigenvalue weighted by atomic mass is 10.2. The van der Waals surface area contributed by atoms with E-state index in [1.807, 2.05) is 61.0 Å². The summed E-state index contributed by atoms with van der Waals surface area (Å²) < 4.78 is 3.08. The number of carbonyl (C=O) groups is 1. The molecule has 1 atom stereocenters. The maximum atomic E-state index is 13.0. The van der Waals surface area contributed by atoms with Gasteiger partial charge in [-0.25, -0.2) is 9.67 Å². The van der Waals surface area contributed by atoms with Crippen molar-refractivity contribution in [2.75, 3.05) is 18.4 Å².